The minimum absolute atomic E-state index is 0.984. The van der Waals surface area contributed by atoms with Crippen molar-refractivity contribution in [3.05, 3.63) is 4.91 Å². The van der Waals surface area contributed by atoms with Gasteiger partial charge in [0.1, 0.15) is 0 Å². The third kappa shape index (κ3) is 2.75. The predicted molar refractivity (Wildman–Crippen MR) is 25.4 cm³/mol. The first kappa shape index (κ1) is 5.94. The van der Waals surface area contributed by atoms with Crippen LogP contribution >= 0.6 is 0 Å². The van der Waals surface area contributed by atoms with Crippen LogP contribution in [-0.4, -0.2) is 12.2 Å². The van der Waals surface area contributed by atoms with Gasteiger partial charge in [0.05, 0.1) is 0 Å². The van der Waals surface area contributed by atoms with E-state index in [2.05, 4.69) is 4.99 Å². The molecule has 0 rings (SSSR count). The lowest BCUT2D eigenvalue weighted by Crippen LogP contribution is -1.78. The van der Waals surface area contributed by atoms with Crippen LogP contribution < -0.4 is 0 Å². The van der Waals surface area contributed by atoms with Gasteiger partial charge in [-0.15, -0.1) is 4.91 Å². The molecule has 0 saturated heterocycles. The molecule has 0 saturated carbocycles. The number of hydrogen-bond donors (Lipinski definition) is 0. The molecule has 0 fully saturated rings. The van der Waals surface area contributed by atoms with Crippen molar-refractivity contribution in [3.63, 3.8) is 0 Å². The summed E-state index contributed by atoms with van der Waals surface area (Å²) in [6.45, 7) is 1.53. The van der Waals surface area contributed by atoms with E-state index in [1.165, 1.54) is 13.1 Å². The molecule has 38 valence electrons. The molecule has 0 aromatic heterocycles. The lowest BCUT2D eigenvalue weighted by Gasteiger charge is -1.67. The van der Waals surface area contributed by atoms with E-state index >= 15 is 0 Å². The number of urea groups is 1. The Labute approximate surface area is 40.2 Å². The number of amides is 2. The van der Waals surface area contributed by atoms with E-state index in [0.29, 0.717) is 0 Å². The standard InChI is InChI=1S/C3H4N2O2/c1-2-4-3(6)5-7/h2H,1H3. The highest BCUT2D eigenvalue weighted by Crippen LogP contribution is 1.75. The van der Waals surface area contributed by atoms with Crippen LogP contribution in [0.15, 0.2) is 10.2 Å². The van der Waals surface area contributed by atoms with E-state index in [9.17, 15) is 9.70 Å². The summed E-state index contributed by atoms with van der Waals surface area (Å²) in [5.41, 5.74) is 0. The average Bonchev–Trinajstić information content (AvgIpc) is 1.68. The Morgan fingerprint density at radius 2 is 2.29 bits per heavy atom. The van der Waals surface area contributed by atoms with Gasteiger partial charge in [-0.2, -0.15) is 0 Å². The number of nitroso groups, excluding NO2 is 1. The molecule has 0 aromatic rings. The van der Waals surface area contributed by atoms with Gasteiger partial charge in [-0.1, -0.05) is 0 Å². The largest absolute Gasteiger partial charge is 0.403 e. The molecule has 0 atom stereocenters. The van der Waals surface area contributed by atoms with Crippen LogP contribution in [0.25, 0.3) is 0 Å². The summed E-state index contributed by atoms with van der Waals surface area (Å²) >= 11 is 0. The van der Waals surface area contributed by atoms with Gasteiger partial charge in [0.25, 0.3) is 0 Å². The molecule has 7 heavy (non-hydrogen) atoms. The van der Waals surface area contributed by atoms with Crippen molar-refractivity contribution in [2.75, 3.05) is 0 Å². The Morgan fingerprint density at radius 1 is 1.71 bits per heavy atom. The third-order valence-corrected chi connectivity index (χ3v) is 0.318. The van der Waals surface area contributed by atoms with E-state index in [4.69, 9.17) is 0 Å². The summed E-state index contributed by atoms with van der Waals surface area (Å²) in [5.74, 6) is 0. The highest BCUT2D eigenvalue weighted by Gasteiger charge is 1.87. The molecule has 0 spiro atoms. The molecule has 0 aromatic carbocycles. The number of nitrogens with zero attached hydrogens (tertiary/aromatic N) is 2. The summed E-state index contributed by atoms with van der Waals surface area (Å²) in [5, 5.41) is 1.99. The molecule has 0 radical (unpaired) electrons. The Bertz CT molecular complexity index is 108. The van der Waals surface area contributed by atoms with Gasteiger partial charge in [-0.05, 0) is 6.92 Å². The quantitative estimate of drug-likeness (QED) is 0.336. The van der Waals surface area contributed by atoms with Crippen molar-refractivity contribution < 1.29 is 4.79 Å². The molecule has 0 unspecified atom stereocenters. The maximum absolute atomic E-state index is 9.73. The van der Waals surface area contributed by atoms with Crippen LogP contribution in [0.4, 0.5) is 4.79 Å². The minimum Gasteiger partial charge on any atom is -0.240 e. The van der Waals surface area contributed by atoms with Gasteiger partial charge in [0, 0.05) is 11.4 Å². The number of rotatable bonds is 0. The maximum atomic E-state index is 9.73. The Hall–Kier alpha value is -1.06. The molecule has 0 aliphatic rings. The number of hydrogen-bond acceptors (Lipinski definition) is 2. The minimum atomic E-state index is -0.984. The van der Waals surface area contributed by atoms with Crippen molar-refractivity contribution in [1.29, 1.82) is 0 Å². The lowest BCUT2D eigenvalue weighted by molar-refractivity contribution is 0.257. The van der Waals surface area contributed by atoms with E-state index in [1.54, 1.807) is 0 Å². The van der Waals surface area contributed by atoms with Gasteiger partial charge in [-0.3, -0.25) is 0 Å². The summed E-state index contributed by atoms with van der Waals surface area (Å²) in [4.78, 5) is 21.9. The Morgan fingerprint density at radius 3 is 2.43 bits per heavy atom. The molecule has 0 N–H and O–H groups in total. The first-order valence-electron chi connectivity index (χ1n) is 1.67. The second-order valence-corrected chi connectivity index (χ2v) is 0.761. The third-order valence-electron chi connectivity index (χ3n) is 0.318. The van der Waals surface area contributed by atoms with Crippen LogP contribution in [-0.2, 0) is 0 Å². The van der Waals surface area contributed by atoms with E-state index in [0.717, 1.165) is 0 Å². The molecular weight excluding hydrogens is 96.0 g/mol. The SMILES string of the molecule is CC=NC(=O)N=O. The van der Waals surface area contributed by atoms with Crippen LogP contribution in [0.1, 0.15) is 6.92 Å². The van der Waals surface area contributed by atoms with Crippen molar-refractivity contribution in [3.8, 4) is 0 Å². The van der Waals surface area contributed by atoms with Crippen LogP contribution in [0.5, 0.6) is 0 Å². The number of carbonyl (C=O) groups excluding carboxylic acids is 1. The monoisotopic (exact) mass is 100 g/mol. The zero-order valence-corrected chi connectivity index (χ0v) is 3.79. The topological polar surface area (TPSA) is 58.9 Å². The zero-order valence-electron chi connectivity index (χ0n) is 3.79. The van der Waals surface area contributed by atoms with Crippen molar-refractivity contribution in [1.82, 2.24) is 0 Å². The highest BCUT2D eigenvalue weighted by molar-refractivity contribution is 5.83. The van der Waals surface area contributed by atoms with Crippen molar-refractivity contribution in [2.24, 2.45) is 10.2 Å². The smallest absolute Gasteiger partial charge is 0.240 e. The predicted octanol–water partition coefficient (Wildman–Crippen LogP) is 0.964. The molecule has 4 heteroatoms. The molecular formula is C3H4N2O2. The fourth-order valence-electron chi connectivity index (χ4n) is 0.134. The van der Waals surface area contributed by atoms with Crippen LogP contribution in [0.3, 0.4) is 0 Å². The molecule has 2 amide bonds. The molecule has 0 bridgehead atoms. The molecule has 4 nitrogen and oxygen atoms in total. The number of aliphatic imine (C=N–C) groups is 1. The van der Waals surface area contributed by atoms with Gasteiger partial charge >= 0.3 is 6.03 Å². The normalized spacial score (nSPS) is 9.29. The van der Waals surface area contributed by atoms with Crippen molar-refractivity contribution in [2.45, 2.75) is 6.92 Å². The van der Waals surface area contributed by atoms with Crippen molar-refractivity contribution >= 4 is 12.2 Å². The second-order valence-electron chi connectivity index (χ2n) is 0.761. The summed E-state index contributed by atoms with van der Waals surface area (Å²) in [6.07, 6.45) is 1.21. The maximum Gasteiger partial charge on any atom is 0.403 e. The fraction of sp³-hybridized carbons (Fsp3) is 0.333. The van der Waals surface area contributed by atoms with E-state index in [1.807, 2.05) is 5.18 Å². The summed E-state index contributed by atoms with van der Waals surface area (Å²) in [6, 6.07) is -0.984. The summed E-state index contributed by atoms with van der Waals surface area (Å²) in [7, 11) is 0. The number of carbonyl (C=O) groups is 1. The van der Waals surface area contributed by atoms with Crippen LogP contribution in [0.2, 0.25) is 0 Å². The second kappa shape index (κ2) is 3.14. The van der Waals surface area contributed by atoms with Gasteiger partial charge in [-0.25, -0.2) is 9.79 Å². The van der Waals surface area contributed by atoms with Gasteiger partial charge in [0.15, 0.2) is 0 Å². The van der Waals surface area contributed by atoms with E-state index in [-0.39, 0.29) is 0 Å². The first-order chi connectivity index (χ1) is 3.31. The molecule has 0 heterocycles. The Kier molecular flexibility index (Phi) is 2.67. The Balaban J connectivity index is 3.58. The molecule has 0 aliphatic carbocycles. The first-order valence-corrected chi connectivity index (χ1v) is 1.67. The average molecular weight is 100 g/mol. The zero-order chi connectivity index (χ0) is 5.70. The van der Waals surface area contributed by atoms with Gasteiger partial charge in [0.2, 0.25) is 0 Å². The van der Waals surface area contributed by atoms with Crippen LogP contribution in [0, 0.1) is 4.91 Å². The lowest BCUT2D eigenvalue weighted by atomic mass is 10.9. The fourth-order valence-corrected chi connectivity index (χ4v) is 0.134. The molecule has 0 aliphatic heterocycles. The van der Waals surface area contributed by atoms with Gasteiger partial charge < -0.3 is 0 Å². The summed E-state index contributed by atoms with van der Waals surface area (Å²) < 4.78 is 0. The highest BCUT2D eigenvalue weighted by atomic mass is 16.3. The van der Waals surface area contributed by atoms with E-state index < -0.39 is 6.03 Å².